The Morgan fingerprint density at radius 1 is 0.277 bits per heavy atom. The minimum absolute atomic E-state index is 1.11. The first-order valence-electron chi connectivity index (χ1n) is 16.2. The van der Waals surface area contributed by atoms with E-state index in [4.69, 9.17) is 0 Å². The highest BCUT2D eigenvalue weighted by atomic mass is 15.1. The molecule has 9 rings (SSSR count). The maximum atomic E-state index is 2.44. The lowest BCUT2D eigenvalue weighted by atomic mass is 9.92. The molecular weight excluding hydrogens is 567 g/mol. The van der Waals surface area contributed by atoms with Crippen LogP contribution in [0.25, 0.3) is 65.3 Å². The van der Waals surface area contributed by atoms with E-state index in [1.807, 2.05) is 0 Å². The Morgan fingerprint density at radius 3 is 1.57 bits per heavy atom. The van der Waals surface area contributed by atoms with E-state index in [0.29, 0.717) is 0 Å². The molecule has 0 aliphatic carbocycles. The summed E-state index contributed by atoms with van der Waals surface area (Å²) in [6.45, 7) is 0. The van der Waals surface area contributed by atoms with E-state index >= 15 is 0 Å². The van der Waals surface area contributed by atoms with Crippen LogP contribution in [0.3, 0.4) is 0 Å². The summed E-state index contributed by atoms with van der Waals surface area (Å²) in [4.78, 5) is 2.44. The molecule has 0 aliphatic rings. The second kappa shape index (κ2) is 11.3. The fourth-order valence-corrected chi connectivity index (χ4v) is 7.25. The highest BCUT2D eigenvalue weighted by molar-refractivity contribution is 6.15. The minimum atomic E-state index is 1.11. The fourth-order valence-electron chi connectivity index (χ4n) is 7.25. The van der Waals surface area contributed by atoms with Crippen molar-refractivity contribution in [3.8, 4) is 22.3 Å². The van der Waals surface area contributed by atoms with Crippen molar-refractivity contribution >= 4 is 60.2 Å². The molecular formula is C46H31N. The molecule has 0 saturated carbocycles. The van der Waals surface area contributed by atoms with E-state index in [1.54, 1.807) is 0 Å². The fraction of sp³-hybridized carbons (Fsp3) is 0. The number of benzene rings is 9. The molecule has 0 amide bonds. The summed E-state index contributed by atoms with van der Waals surface area (Å²) in [5.41, 5.74) is 8.28. The van der Waals surface area contributed by atoms with Gasteiger partial charge in [0.2, 0.25) is 0 Å². The summed E-state index contributed by atoms with van der Waals surface area (Å²) in [7, 11) is 0. The highest BCUT2D eigenvalue weighted by Crippen LogP contribution is 2.46. The van der Waals surface area contributed by atoms with Gasteiger partial charge in [0.25, 0.3) is 0 Å². The van der Waals surface area contributed by atoms with Gasteiger partial charge in [0.1, 0.15) is 0 Å². The summed E-state index contributed by atoms with van der Waals surface area (Å²) in [6, 6.07) is 68.3. The van der Waals surface area contributed by atoms with Crippen molar-refractivity contribution in [3.05, 3.63) is 188 Å². The number of rotatable bonds is 5. The molecule has 0 radical (unpaired) electrons. The van der Waals surface area contributed by atoms with Crippen LogP contribution < -0.4 is 4.90 Å². The third-order valence-corrected chi connectivity index (χ3v) is 9.44. The zero-order chi connectivity index (χ0) is 31.2. The predicted octanol–water partition coefficient (Wildman–Crippen LogP) is 13.1. The van der Waals surface area contributed by atoms with Gasteiger partial charge in [-0.3, -0.25) is 0 Å². The first-order valence-corrected chi connectivity index (χ1v) is 16.2. The average molecular weight is 598 g/mol. The summed E-state index contributed by atoms with van der Waals surface area (Å²) >= 11 is 0. The monoisotopic (exact) mass is 597 g/mol. The summed E-state index contributed by atoms with van der Waals surface area (Å²) < 4.78 is 0. The van der Waals surface area contributed by atoms with Gasteiger partial charge < -0.3 is 4.90 Å². The van der Waals surface area contributed by atoms with Gasteiger partial charge in [0, 0.05) is 16.6 Å². The third kappa shape index (κ3) is 4.64. The van der Waals surface area contributed by atoms with Crippen LogP contribution in [0.5, 0.6) is 0 Å². The van der Waals surface area contributed by atoms with Crippen LogP contribution in [0.1, 0.15) is 0 Å². The molecule has 1 heteroatoms. The van der Waals surface area contributed by atoms with Crippen molar-refractivity contribution in [2.45, 2.75) is 0 Å². The molecule has 0 saturated heterocycles. The van der Waals surface area contributed by atoms with Crippen molar-refractivity contribution in [3.63, 3.8) is 0 Å². The molecule has 0 fully saturated rings. The van der Waals surface area contributed by atoms with Gasteiger partial charge >= 0.3 is 0 Å². The normalized spacial score (nSPS) is 11.4. The van der Waals surface area contributed by atoms with Gasteiger partial charge in [-0.05, 0) is 84.7 Å². The topological polar surface area (TPSA) is 3.24 Å². The van der Waals surface area contributed by atoms with Gasteiger partial charge in [-0.2, -0.15) is 0 Å². The first kappa shape index (κ1) is 27.2. The van der Waals surface area contributed by atoms with Gasteiger partial charge in [0.15, 0.2) is 0 Å². The van der Waals surface area contributed by atoms with Gasteiger partial charge in [-0.15, -0.1) is 0 Å². The third-order valence-electron chi connectivity index (χ3n) is 9.44. The maximum absolute atomic E-state index is 2.44. The number of hydrogen-bond donors (Lipinski definition) is 0. The van der Waals surface area contributed by atoms with Crippen molar-refractivity contribution in [2.24, 2.45) is 0 Å². The standard InChI is InChI=1S/C46H31N/c1-4-18-37-32(13-1)16-11-24-38(37)34-27-29-36(30-28-34)47(45-26-12-17-33-14-2-6-20-40(33)45)46-25-10-9-23-43(46)44-31-35-15-3-5-19-39(35)41-21-7-8-22-42(41)44/h1-31H. The van der Waals surface area contributed by atoms with Crippen LogP contribution in [0.2, 0.25) is 0 Å². The number of fused-ring (bicyclic) bond motifs is 5. The molecule has 0 aliphatic heterocycles. The molecule has 0 N–H and O–H groups in total. The molecule has 9 aromatic carbocycles. The number of nitrogens with zero attached hydrogens (tertiary/aromatic N) is 1. The van der Waals surface area contributed by atoms with Crippen molar-refractivity contribution in [2.75, 3.05) is 4.90 Å². The zero-order valence-corrected chi connectivity index (χ0v) is 25.8. The second-order valence-electron chi connectivity index (χ2n) is 12.1. The average Bonchev–Trinajstić information content (AvgIpc) is 3.15. The number of anilines is 3. The minimum Gasteiger partial charge on any atom is -0.309 e. The Kier molecular flexibility index (Phi) is 6.54. The van der Waals surface area contributed by atoms with E-state index in [0.717, 1.165) is 17.1 Å². The Balaban J connectivity index is 1.29. The zero-order valence-electron chi connectivity index (χ0n) is 25.8. The second-order valence-corrected chi connectivity index (χ2v) is 12.1. The maximum Gasteiger partial charge on any atom is 0.0540 e. The van der Waals surface area contributed by atoms with Crippen LogP contribution in [0, 0.1) is 0 Å². The highest BCUT2D eigenvalue weighted by Gasteiger charge is 2.20. The van der Waals surface area contributed by atoms with E-state index < -0.39 is 0 Å². The Bertz CT molecular complexity index is 2570. The largest absolute Gasteiger partial charge is 0.309 e. The Labute approximate surface area is 274 Å². The summed E-state index contributed by atoms with van der Waals surface area (Å²) in [5, 5.41) is 9.99. The van der Waals surface area contributed by atoms with Gasteiger partial charge in [-0.25, -0.2) is 0 Å². The van der Waals surface area contributed by atoms with Crippen LogP contribution in [0.15, 0.2) is 188 Å². The van der Waals surface area contributed by atoms with Gasteiger partial charge in [0.05, 0.1) is 11.4 Å². The molecule has 0 atom stereocenters. The quantitative estimate of drug-likeness (QED) is 0.178. The number of para-hydroxylation sites is 1. The lowest BCUT2D eigenvalue weighted by molar-refractivity contribution is 1.30. The molecule has 0 aromatic heterocycles. The molecule has 0 heterocycles. The van der Waals surface area contributed by atoms with Crippen molar-refractivity contribution in [1.82, 2.24) is 0 Å². The first-order chi connectivity index (χ1) is 23.3. The Morgan fingerprint density at radius 2 is 0.787 bits per heavy atom. The molecule has 0 spiro atoms. The van der Waals surface area contributed by atoms with E-state index in [2.05, 4.69) is 193 Å². The molecule has 0 unspecified atom stereocenters. The summed E-state index contributed by atoms with van der Waals surface area (Å²) in [6.07, 6.45) is 0. The van der Waals surface area contributed by atoms with Crippen LogP contribution in [-0.4, -0.2) is 0 Å². The van der Waals surface area contributed by atoms with Gasteiger partial charge in [-0.1, -0.05) is 158 Å². The lowest BCUT2D eigenvalue weighted by Crippen LogP contribution is -2.11. The molecule has 1 nitrogen and oxygen atoms in total. The summed E-state index contributed by atoms with van der Waals surface area (Å²) in [5.74, 6) is 0. The lowest BCUT2D eigenvalue weighted by Gasteiger charge is -2.29. The smallest absolute Gasteiger partial charge is 0.0540 e. The predicted molar refractivity (Wildman–Crippen MR) is 202 cm³/mol. The van der Waals surface area contributed by atoms with Crippen LogP contribution in [-0.2, 0) is 0 Å². The SMILES string of the molecule is c1ccc(N(c2ccc(-c3cccc4ccccc34)cc2)c2cccc3ccccc23)c(-c2cc3ccccc3c3ccccc23)c1. The molecule has 220 valence electrons. The number of hydrogen-bond acceptors (Lipinski definition) is 1. The molecule has 0 bridgehead atoms. The van der Waals surface area contributed by atoms with Crippen LogP contribution >= 0.6 is 0 Å². The molecule has 9 aromatic rings. The van der Waals surface area contributed by atoms with Crippen molar-refractivity contribution in [1.29, 1.82) is 0 Å². The van der Waals surface area contributed by atoms with E-state index in [-0.39, 0.29) is 0 Å². The van der Waals surface area contributed by atoms with E-state index in [1.165, 1.54) is 65.3 Å². The van der Waals surface area contributed by atoms with Crippen LogP contribution in [0.4, 0.5) is 17.1 Å². The molecule has 47 heavy (non-hydrogen) atoms. The van der Waals surface area contributed by atoms with E-state index in [9.17, 15) is 0 Å². The van der Waals surface area contributed by atoms with Crippen molar-refractivity contribution < 1.29 is 0 Å². The Hall–Kier alpha value is -6.18.